The molecular weight excluding hydrogens is 343 g/mol. The molecule has 0 N–H and O–H groups in total. The summed E-state index contributed by atoms with van der Waals surface area (Å²) in [5, 5.41) is 11.1. The first-order valence-corrected chi connectivity index (χ1v) is 7.50. The van der Waals surface area contributed by atoms with Gasteiger partial charge in [-0.3, -0.25) is 4.68 Å². The Morgan fingerprint density at radius 2 is 1.91 bits per heavy atom. The third-order valence-corrected chi connectivity index (χ3v) is 5.11. The van der Waals surface area contributed by atoms with Gasteiger partial charge in [0.15, 0.2) is 10.7 Å². The summed E-state index contributed by atoms with van der Waals surface area (Å²) in [6.45, 7) is 0. The fourth-order valence-corrected chi connectivity index (χ4v) is 3.91. The molecule has 0 saturated carbocycles. The number of hydrogen-bond donors (Lipinski definition) is 0. The number of aryl methyl sites for hydroxylation is 1. The van der Waals surface area contributed by atoms with Crippen LogP contribution in [0.15, 0.2) is 34.2 Å². The Bertz CT molecular complexity index is 882. The van der Waals surface area contributed by atoms with Crippen molar-refractivity contribution in [1.29, 1.82) is 5.26 Å². The fourth-order valence-electron chi connectivity index (χ4n) is 1.88. The molecule has 0 radical (unpaired) electrons. The average Bonchev–Trinajstić information content (AvgIpc) is 2.76. The van der Waals surface area contributed by atoms with Crippen LogP contribution in [0.2, 0.25) is 5.02 Å². The smallest absolute Gasteiger partial charge is 0.255 e. The maximum atomic E-state index is 12.9. The molecule has 0 fully saturated rings. The summed E-state index contributed by atoms with van der Waals surface area (Å²) >= 11 is 5.79. The molecule has 0 aliphatic rings. The number of sulfone groups is 1. The summed E-state index contributed by atoms with van der Waals surface area (Å²) < 4.78 is 64.1. The summed E-state index contributed by atoms with van der Waals surface area (Å²) in [5.41, 5.74) is -2.61. The highest BCUT2D eigenvalue weighted by atomic mass is 35.5. The van der Waals surface area contributed by atoms with Gasteiger partial charge in [-0.25, -0.2) is 8.42 Å². The Hall–Kier alpha value is -2.05. The number of nitriles is 1. The molecule has 116 valence electrons. The topological polar surface area (TPSA) is 75.8 Å². The zero-order valence-electron chi connectivity index (χ0n) is 10.9. The van der Waals surface area contributed by atoms with Crippen LogP contribution in [0, 0.1) is 11.3 Å². The molecule has 2 rings (SSSR count). The van der Waals surface area contributed by atoms with Crippen molar-refractivity contribution < 1.29 is 21.6 Å². The van der Waals surface area contributed by atoms with Crippen LogP contribution in [0.4, 0.5) is 13.2 Å². The van der Waals surface area contributed by atoms with E-state index in [4.69, 9.17) is 16.9 Å². The summed E-state index contributed by atoms with van der Waals surface area (Å²) in [7, 11) is -3.42. The predicted molar refractivity (Wildman–Crippen MR) is 69.8 cm³/mol. The lowest BCUT2D eigenvalue weighted by Crippen LogP contribution is -2.10. The second-order valence-electron chi connectivity index (χ2n) is 4.20. The van der Waals surface area contributed by atoms with E-state index < -0.39 is 37.2 Å². The van der Waals surface area contributed by atoms with Gasteiger partial charge < -0.3 is 0 Å². The summed E-state index contributed by atoms with van der Waals surface area (Å²) in [5.74, 6) is 0. The number of aromatic nitrogens is 2. The molecule has 0 saturated heterocycles. The Balaban J connectivity index is 2.82. The molecular formula is C12H7ClF3N3O2S. The molecule has 0 aliphatic heterocycles. The number of nitrogens with zero attached hydrogens (tertiary/aromatic N) is 3. The molecule has 22 heavy (non-hydrogen) atoms. The molecule has 0 aliphatic carbocycles. The first-order chi connectivity index (χ1) is 10.1. The normalized spacial score (nSPS) is 12.2. The van der Waals surface area contributed by atoms with Crippen LogP contribution in [-0.2, 0) is 23.1 Å². The number of rotatable bonds is 2. The lowest BCUT2D eigenvalue weighted by Gasteiger charge is -2.07. The van der Waals surface area contributed by atoms with Crippen molar-refractivity contribution >= 4 is 21.4 Å². The maximum absolute atomic E-state index is 12.9. The van der Waals surface area contributed by atoms with Gasteiger partial charge in [-0.1, -0.05) is 23.7 Å². The zero-order valence-corrected chi connectivity index (χ0v) is 12.5. The molecule has 5 nitrogen and oxygen atoms in total. The molecule has 1 aromatic heterocycles. The third kappa shape index (κ3) is 2.55. The third-order valence-electron chi connectivity index (χ3n) is 2.76. The average molecular weight is 350 g/mol. The molecule has 2 aromatic rings. The highest BCUT2D eigenvalue weighted by molar-refractivity contribution is 7.91. The molecule has 0 unspecified atom stereocenters. The molecule has 0 amide bonds. The van der Waals surface area contributed by atoms with Crippen LogP contribution in [-0.4, -0.2) is 18.2 Å². The predicted octanol–water partition coefficient (Wildman–Crippen LogP) is 2.80. The molecule has 1 aromatic carbocycles. The van der Waals surface area contributed by atoms with Crippen LogP contribution in [0.5, 0.6) is 0 Å². The lowest BCUT2D eigenvalue weighted by molar-refractivity contribution is -0.141. The largest absolute Gasteiger partial charge is 0.436 e. The molecule has 10 heteroatoms. The summed E-state index contributed by atoms with van der Waals surface area (Å²) in [4.78, 5) is -0.398. The van der Waals surface area contributed by atoms with Crippen molar-refractivity contribution in [2.75, 3.05) is 0 Å². The van der Waals surface area contributed by atoms with E-state index in [0.29, 0.717) is 4.68 Å². The zero-order chi connectivity index (χ0) is 16.7. The Morgan fingerprint density at radius 3 is 2.41 bits per heavy atom. The standard InChI is InChI=1S/C12H7ClF3N3O2S/c1-19-11(7(6-17)10(18-19)12(14,15)16)22(20,21)9-5-3-2-4-8(9)13/h2-5H,1H3. The SMILES string of the molecule is Cn1nc(C(F)(F)F)c(C#N)c1S(=O)(=O)c1ccccc1Cl. The molecule has 0 spiro atoms. The maximum Gasteiger partial charge on any atom is 0.436 e. The number of benzene rings is 1. The number of hydrogen-bond acceptors (Lipinski definition) is 4. The van der Waals surface area contributed by atoms with Gasteiger partial charge in [0.1, 0.15) is 11.6 Å². The van der Waals surface area contributed by atoms with Gasteiger partial charge in [0.05, 0.1) is 9.92 Å². The quantitative estimate of drug-likeness (QED) is 0.835. The van der Waals surface area contributed by atoms with E-state index in [0.717, 1.165) is 13.1 Å². The number of halogens is 4. The highest BCUT2D eigenvalue weighted by Crippen LogP contribution is 2.36. The van der Waals surface area contributed by atoms with E-state index in [2.05, 4.69) is 5.10 Å². The van der Waals surface area contributed by atoms with Gasteiger partial charge in [0.2, 0.25) is 9.84 Å². The number of alkyl halides is 3. The lowest BCUT2D eigenvalue weighted by atomic mass is 10.2. The van der Waals surface area contributed by atoms with Crippen molar-refractivity contribution in [2.24, 2.45) is 7.05 Å². The van der Waals surface area contributed by atoms with Crippen LogP contribution in [0.1, 0.15) is 11.3 Å². The van der Waals surface area contributed by atoms with Crippen molar-refractivity contribution in [1.82, 2.24) is 9.78 Å². The first-order valence-electron chi connectivity index (χ1n) is 5.64. The van der Waals surface area contributed by atoms with Crippen molar-refractivity contribution in [3.05, 3.63) is 40.5 Å². The van der Waals surface area contributed by atoms with E-state index in [-0.39, 0.29) is 5.02 Å². The Labute approximate surface area is 128 Å². The van der Waals surface area contributed by atoms with Gasteiger partial charge in [-0.2, -0.15) is 23.5 Å². The van der Waals surface area contributed by atoms with Gasteiger partial charge >= 0.3 is 6.18 Å². The van der Waals surface area contributed by atoms with Crippen LogP contribution >= 0.6 is 11.6 Å². The monoisotopic (exact) mass is 349 g/mol. The van der Waals surface area contributed by atoms with Crippen LogP contribution < -0.4 is 0 Å². The summed E-state index contributed by atoms with van der Waals surface area (Å²) in [6.07, 6.45) is -4.95. The minimum Gasteiger partial charge on any atom is -0.255 e. The van der Waals surface area contributed by atoms with Gasteiger partial charge in [-0.05, 0) is 12.1 Å². The van der Waals surface area contributed by atoms with Gasteiger partial charge in [0, 0.05) is 7.05 Å². The second kappa shape index (κ2) is 5.30. The van der Waals surface area contributed by atoms with Gasteiger partial charge in [-0.15, -0.1) is 0 Å². The minimum atomic E-state index is -4.95. The Kier molecular flexibility index (Phi) is 3.93. The van der Waals surface area contributed by atoms with E-state index in [1.807, 2.05) is 0 Å². The molecule has 1 heterocycles. The van der Waals surface area contributed by atoms with Crippen molar-refractivity contribution in [2.45, 2.75) is 16.1 Å². The second-order valence-corrected chi connectivity index (χ2v) is 6.44. The first kappa shape index (κ1) is 16.3. The minimum absolute atomic E-state index is 0.166. The van der Waals surface area contributed by atoms with E-state index >= 15 is 0 Å². The van der Waals surface area contributed by atoms with Crippen LogP contribution in [0.25, 0.3) is 0 Å². The fraction of sp³-hybridized carbons (Fsp3) is 0.167. The van der Waals surface area contributed by atoms with E-state index in [9.17, 15) is 21.6 Å². The van der Waals surface area contributed by atoms with Crippen LogP contribution in [0.3, 0.4) is 0 Å². The summed E-state index contributed by atoms with van der Waals surface area (Å²) in [6, 6.07) is 6.51. The Morgan fingerprint density at radius 1 is 1.32 bits per heavy atom. The highest BCUT2D eigenvalue weighted by Gasteiger charge is 2.42. The van der Waals surface area contributed by atoms with Gasteiger partial charge in [0.25, 0.3) is 0 Å². The van der Waals surface area contributed by atoms with E-state index in [1.54, 1.807) is 0 Å². The van der Waals surface area contributed by atoms with Crippen molar-refractivity contribution in [3.8, 4) is 6.07 Å². The van der Waals surface area contributed by atoms with Crippen molar-refractivity contribution in [3.63, 3.8) is 0 Å². The molecule has 0 bridgehead atoms. The van der Waals surface area contributed by atoms with E-state index in [1.165, 1.54) is 24.3 Å². The molecule has 0 atom stereocenters.